The van der Waals surface area contributed by atoms with E-state index in [1.165, 1.54) is 36.3 Å². The van der Waals surface area contributed by atoms with Crippen molar-refractivity contribution < 1.29 is 23.8 Å². The number of hydrogen-bond donors (Lipinski definition) is 1. The fraction of sp³-hybridized carbons (Fsp3) is 0.304. The monoisotopic (exact) mass is 412 g/mol. The zero-order chi connectivity index (χ0) is 21.8. The van der Waals surface area contributed by atoms with Crippen LogP contribution in [0, 0.1) is 5.82 Å². The maximum absolute atomic E-state index is 13.3. The van der Waals surface area contributed by atoms with Crippen LogP contribution in [-0.4, -0.2) is 60.9 Å². The van der Waals surface area contributed by atoms with E-state index in [1.807, 2.05) is 19.0 Å². The van der Waals surface area contributed by atoms with Gasteiger partial charge in [-0.25, -0.2) is 4.39 Å². The summed E-state index contributed by atoms with van der Waals surface area (Å²) in [7, 11) is 5.40. The number of rotatable bonds is 7. The number of likely N-dealkylation sites (tertiary alicyclic amines) is 1. The third-order valence-electron chi connectivity index (χ3n) is 5.07. The molecule has 1 saturated heterocycles. The molecule has 1 heterocycles. The van der Waals surface area contributed by atoms with E-state index in [0.29, 0.717) is 24.3 Å². The van der Waals surface area contributed by atoms with Crippen LogP contribution in [0.1, 0.15) is 23.6 Å². The van der Waals surface area contributed by atoms with Gasteiger partial charge in [0.15, 0.2) is 0 Å². The van der Waals surface area contributed by atoms with Gasteiger partial charge in [-0.1, -0.05) is 12.1 Å². The maximum atomic E-state index is 13.3. The number of ketones is 1. The lowest BCUT2D eigenvalue weighted by Gasteiger charge is -2.26. The molecule has 1 aliphatic heterocycles. The van der Waals surface area contributed by atoms with Crippen molar-refractivity contribution in [1.29, 1.82) is 0 Å². The number of nitrogens with zero attached hydrogens (tertiary/aromatic N) is 2. The van der Waals surface area contributed by atoms with E-state index in [9.17, 15) is 19.1 Å². The lowest BCUT2D eigenvalue weighted by Crippen LogP contribution is -2.32. The second kappa shape index (κ2) is 9.09. The maximum Gasteiger partial charge on any atom is 0.295 e. The molecule has 0 radical (unpaired) electrons. The number of halogens is 1. The molecule has 30 heavy (non-hydrogen) atoms. The summed E-state index contributed by atoms with van der Waals surface area (Å²) in [5.41, 5.74) is 0.919. The SMILES string of the molecule is COc1cccc([C@@H]2/C(=C(\O)c3ccc(F)cc3)C(=O)C(=O)N2CCCN(C)C)c1. The first kappa shape index (κ1) is 21.5. The van der Waals surface area contributed by atoms with E-state index in [2.05, 4.69) is 0 Å². The molecule has 2 aromatic carbocycles. The standard InChI is InChI=1S/C23H25FN2O4/c1-25(2)12-5-13-26-20(16-6-4-7-18(14-16)30-3)19(22(28)23(26)29)21(27)15-8-10-17(24)11-9-15/h4,6-11,14,20,27H,5,12-13H2,1-3H3/b21-19+/t20-/m1/s1. The summed E-state index contributed by atoms with van der Waals surface area (Å²) in [6.07, 6.45) is 0.664. The van der Waals surface area contributed by atoms with Gasteiger partial charge in [0.25, 0.3) is 11.7 Å². The Hall–Kier alpha value is -3.19. The number of methoxy groups -OCH3 is 1. The zero-order valence-corrected chi connectivity index (χ0v) is 17.3. The first-order valence-corrected chi connectivity index (χ1v) is 9.66. The Morgan fingerprint density at radius 3 is 2.50 bits per heavy atom. The number of carbonyl (C=O) groups is 2. The van der Waals surface area contributed by atoms with Gasteiger partial charge in [-0.3, -0.25) is 9.59 Å². The van der Waals surface area contributed by atoms with Gasteiger partial charge in [0.1, 0.15) is 17.3 Å². The number of ether oxygens (including phenoxy) is 1. The van der Waals surface area contributed by atoms with Gasteiger partial charge in [0, 0.05) is 12.1 Å². The minimum absolute atomic E-state index is 0.00952. The highest BCUT2D eigenvalue weighted by atomic mass is 19.1. The third-order valence-corrected chi connectivity index (χ3v) is 5.07. The van der Waals surface area contributed by atoms with Crippen LogP contribution in [0.3, 0.4) is 0 Å². The Morgan fingerprint density at radius 2 is 1.87 bits per heavy atom. The predicted octanol–water partition coefficient (Wildman–Crippen LogP) is 3.21. The second-order valence-electron chi connectivity index (χ2n) is 7.43. The highest BCUT2D eigenvalue weighted by molar-refractivity contribution is 6.46. The first-order chi connectivity index (χ1) is 14.3. The molecule has 1 amide bonds. The minimum Gasteiger partial charge on any atom is -0.507 e. The molecule has 0 bridgehead atoms. The summed E-state index contributed by atoms with van der Waals surface area (Å²) in [5, 5.41) is 10.9. The molecule has 0 saturated carbocycles. The summed E-state index contributed by atoms with van der Waals surface area (Å²) < 4.78 is 18.6. The highest BCUT2D eigenvalue weighted by Gasteiger charge is 2.45. The number of aliphatic hydroxyl groups excluding tert-OH is 1. The quantitative estimate of drug-likeness (QED) is 0.430. The average Bonchev–Trinajstić information content (AvgIpc) is 2.98. The average molecular weight is 412 g/mol. The number of hydrogen-bond acceptors (Lipinski definition) is 5. The minimum atomic E-state index is -0.757. The Kier molecular flexibility index (Phi) is 6.52. The molecule has 1 atom stereocenters. The molecule has 0 unspecified atom stereocenters. The van der Waals surface area contributed by atoms with Gasteiger partial charge in [0.05, 0.1) is 18.7 Å². The van der Waals surface area contributed by atoms with E-state index >= 15 is 0 Å². The van der Waals surface area contributed by atoms with Gasteiger partial charge in [-0.2, -0.15) is 0 Å². The van der Waals surface area contributed by atoms with Crippen molar-refractivity contribution in [2.45, 2.75) is 12.5 Å². The van der Waals surface area contributed by atoms with Crippen LogP contribution < -0.4 is 4.74 Å². The predicted molar refractivity (Wildman–Crippen MR) is 112 cm³/mol. The van der Waals surface area contributed by atoms with Gasteiger partial charge >= 0.3 is 0 Å². The lowest BCUT2D eigenvalue weighted by atomic mass is 9.95. The summed E-state index contributed by atoms with van der Waals surface area (Å²) in [5.74, 6) is -1.62. The molecule has 7 heteroatoms. The first-order valence-electron chi connectivity index (χ1n) is 9.66. The van der Waals surface area contributed by atoms with E-state index in [0.717, 1.165) is 6.54 Å². The van der Waals surface area contributed by atoms with Crippen LogP contribution in [0.4, 0.5) is 4.39 Å². The number of carbonyl (C=O) groups excluding carboxylic acids is 2. The van der Waals surface area contributed by atoms with Crippen molar-refractivity contribution in [2.75, 3.05) is 34.3 Å². The molecule has 0 spiro atoms. The normalized spacial score (nSPS) is 18.3. The molecule has 3 rings (SSSR count). The largest absolute Gasteiger partial charge is 0.507 e. The van der Waals surface area contributed by atoms with Crippen LogP contribution in [0.5, 0.6) is 5.75 Å². The van der Waals surface area contributed by atoms with Crippen molar-refractivity contribution in [3.63, 3.8) is 0 Å². The Labute approximate surface area is 175 Å². The number of aliphatic hydroxyl groups is 1. The van der Waals surface area contributed by atoms with Crippen LogP contribution in [0.15, 0.2) is 54.1 Å². The number of benzene rings is 2. The van der Waals surface area contributed by atoms with E-state index in [1.54, 1.807) is 24.3 Å². The van der Waals surface area contributed by atoms with Crippen LogP contribution >= 0.6 is 0 Å². The summed E-state index contributed by atoms with van der Waals surface area (Å²) in [6, 6.07) is 11.5. The molecular weight excluding hydrogens is 387 g/mol. The van der Waals surface area contributed by atoms with Gasteiger partial charge in [0.2, 0.25) is 0 Å². The van der Waals surface area contributed by atoms with E-state index in [-0.39, 0.29) is 16.9 Å². The second-order valence-corrected chi connectivity index (χ2v) is 7.43. The fourth-order valence-electron chi connectivity index (χ4n) is 3.59. The Bertz CT molecular complexity index is 969. The topological polar surface area (TPSA) is 70.1 Å². The molecule has 1 N–H and O–H groups in total. The molecule has 158 valence electrons. The van der Waals surface area contributed by atoms with Gasteiger partial charge < -0.3 is 19.6 Å². The molecule has 2 aromatic rings. The summed E-state index contributed by atoms with van der Waals surface area (Å²) in [6.45, 7) is 1.09. The smallest absolute Gasteiger partial charge is 0.295 e. The Morgan fingerprint density at radius 1 is 1.17 bits per heavy atom. The number of amides is 1. The fourth-order valence-corrected chi connectivity index (χ4v) is 3.59. The summed E-state index contributed by atoms with van der Waals surface area (Å²) in [4.78, 5) is 29.2. The van der Waals surface area contributed by atoms with Gasteiger partial charge in [-0.15, -0.1) is 0 Å². The summed E-state index contributed by atoms with van der Waals surface area (Å²) >= 11 is 0. The van der Waals surface area contributed by atoms with Crippen molar-refractivity contribution in [2.24, 2.45) is 0 Å². The van der Waals surface area contributed by atoms with Crippen molar-refractivity contribution >= 4 is 17.4 Å². The molecule has 1 fully saturated rings. The van der Waals surface area contributed by atoms with Crippen LogP contribution in [-0.2, 0) is 9.59 Å². The molecule has 1 aliphatic rings. The zero-order valence-electron chi connectivity index (χ0n) is 17.3. The lowest BCUT2D eigenvalue weighted by molar-refractivity contribution is -0.139. The van der Waals surface area contributed by atoms with Crippen molar-refractivity contribution in [3.05, 3.63) is 71.0 Å². The molecule has 0 aromatic heterocycles. The van der Waals surface area contributed by atoms with Crippen LogP contribution in [0.2, 0.25) is 0 Å². The van der Waals surface area contributed by atoms with Crippen LogP contribution in [0.25, 0.3) is 5.76 Å². The third kappa shape index (κ3) is 4.36. The van der Waals surface area contributed by atoms with Crippen molar-refractivity contribution in [1.82, 2.24) is 9.80 Å². The van der Waals surface area contributed by atoms with Gasteiger partial charge in [-0.05, 0) is 69.0 Å². The molecular formula is C23H25FN2O4. The van der Waals surface area contributed by atoms with E-state index in [4.69, 9.17) is 4.74 Å². The Balaban J connectivity index is 2.10. The van der Waals surface area contributed by atoms with Crippen molar-refractivity contribution in [3.8, 4) is 5.75 Å². The molecule has 0 aliphatic carbocycles. The highest BCUT2D eigenvalue weighted by Crippen LogP contribution is 2.40. The van der Waals surface area contributed by atoms with E-state index < -0.39 is 23.5 Å². The number of Topliss-reactive ketones (excluding diaryl/α,β-unsaturated/α-hetero) is 1. The molecule has 6 nitrogen and oxygen atoms in total.